The van der Waals surface area contributed by atoms with Gasteiger partial charge < -0.3 is 15.0 Å². The number of aromatic amines is 1. The van der Waals surface area contributed by atoms with Crippen LogP contribution in [0.1, 0.15) is 39.0 Å². The van der Waals surface area contributed by atoms with Crippen LogP contribution < -0.4 is 5.32 Å². The first kappa shape index (κ1) is 22.9. The summed E-state index contributed by atoms with van der Waals surface area (Å²) in [5.74, 6) is -1.11. The van der Waals surface area contributed by atoms with Crippen LogP contribution in [0.15, 0.2) is 18.2 Å². The number of likely N-dealkylation sites (N-methyl/N-ethyl adjacent to an activating group) is 1. The van der Waals surface area contributed by atoms with E-state index in [1.54, 1.807) is 50.9 Å². The van der Waals surface area contributed by atoms with E-state index in [1.807, 2.05) is 0 Å². The second kappa shape index (κ2) is 9.43. The van der Waals surface area contributed by atoms with Gasteiger partial charge in [-0.25, -0.2) is 4.79 Å². The molecular weight excluding hydrogens is 417 g/mol. The molecule has 2 N–H and O–H groups in total. The summed E-state index contributed by atoms with van der Waals surface area (Å²) in [6, 6.07) is 4.29. The van der Waals surface area contributed by atoms with Gasteiger partial charge in [-0.05, 0) is 45.5 Å². The third kappa shape index (κ3) is 4.98. The Morgan fingerprint density at radius 3 is 2.34 bits per heavy atom. The summed E-state index contributed by atoms with van der Waals surface area (Å²) >= 11 is 12.1. The number of esters is 1. The van der Waals surface area contributed by atoms with Gasteiger partial charge in [0.15, 0.2) is 5.78 Å². The minimum Gasteiger partial charge on any atom is -0.465 e. The lowest BCUT2D eigenvalue weighted by Gasteiger charge is -2.23. The van der Waals surface area contributed by atoms with Crippen molar-refractivity contribution in [2.45, 2.75) is 26.8 Å². The Balaban J connectivity index is 2.12. The SMILES string of the molecule is COC(=O)c1c(C)[nH]c(C(=O)C(C)N(C)CC(=O)Nc2c(Cl)cccc2Cl)c1C. The predicted molar refractivity (Wildman–Crippen MR) is 113 cm³/mol. The second-order valence-corrected chi connectivity index (χ2v) is 7.53. The standard InChI is InChI=1S/C20H23Cl2N3O4/c1-10-16(20(28)29-5)11(2)23-17(10)19(27)12(3)25(4)9-15(26)24-18-13(21)7-6-8-14(18)22/h6-8,12,23H,9H2,1-5H3,(H,24,26). The number of nitrogens with one attached hydrogen (secondary N) is 2. The van der Waals surface area contributed by atoms with Gasteiger partial charge in [-0.15, -0.1) is 0 Å². The van der Waals surface area contributed by atoms with Crippen molar-refractivity contribution in [3.05, 3.63) is 50.8 Å². The maximum absolute atomic E-state index is 12.9. The number of aromatic nitrogens is 1. The summed E-state index contributed by atoms with van der Waals surface area (Å²) in [6.07, 6.45) is 0. The van der Waals surface area contributed by atoms with Crippen LogP contribution in [0.3, 0.4) is 0 Å². The van der Waals surface area contributed by atoms with Crippen molar-refractivity contribution in [2.24, 2.45) is 0 Å². The molecular formula is C20H23Cl2N3O4. The highest BCUT2D eigenvalue weighted by molar-refractivity contribution is 6.39. The van der Waals surface area contributed by atoms with Crippen LogP contribution in [-0.4, -0.2) is 54.3 Å². The lowest BCUT2D eigenvalue weighted by Crippen LogP contribution is -2.41. The first-order chi connectivity index (χ1) is 13.6. The van der Waals surface area contributed by atoms with Gasteiger partial charge in [0, 0.05) is 5.69 Å². The summed E-state index contributed by atoms with van der Waals surface area (Å²) in [5, 5.41) is 3.31. The van der Waals surface area contributed by atoms with Gasteiger partial charge in [-0.1, -0.05) is 29.3 Å². The van der Waals surface area contributed by atoms with Crippen molar-refractivity contribution in [3.63, 3.8) is 0 Å². The van der Waals surface area contributed by atoms with E-state index in [1.165, 1.54) is 7.11 Å². The maximum atomic E-state index is 12.9. The third-order valence-electron chi connectivity index (χ3n) is 4.73. The smallest absolute Gasteiger partial charge is 0.339 e. The predicted octanol–water partition coefficient (Wildman–Crippen LogP) is 3.87. The zero-order valence-corrected chi connectivity index (χ0v) is 18.4. The van der Waals surface area contributed by atoms with Crippen molar-refractivity contribution >= 4 is 46.5 Å². The molecule has 7 nitrogen and oxygen atoms in total. The summed E-state index contributed by atoms with van der Waals surface area (Å²) in [6.45, 7) is 5.01. The molecule has 0 aliphatic heterocycles. The molecule has 0 aliphatic rings. The number of anilines is 1. The zero-order valence-electron chi connectivity index (χ0n) is 16.9. The van der Waals surface area contributed by atoms with Crippen molar-refractivity contribution in [3.8, 4) is 0 Å². The Bertz CT molecular complexity index is 935. The second-order valence-electron chi connectivity index (χ2n) is 6.72. The van der Waals surface area contributed by atoms with E-state index in [2.05, 4.69) is 10.3 Å². The van der Waals surface area contributed by atoms with Crippen molar-refractivity contribution in [2.75, 3.05) is 26.0 Å². The van der Waals surface area contributed by atoms with E-state index < -0.39 is 12.0 Å². The molecule has 0 fully saturated rings. The number of hydrogen-bond donors (Lipinski definition) is 2. The molecule has 2 aromatic rings. The van der Waals surface area contributed by atoms with E-state index in [0.717, 1.165) is 0 Å². The molecule has 1 aromatic heterocycles. The molecule has 29 heavy (non-hydrogen) atoms. The highest BCUT2D eigenvalue weighted by atomic mass is 35.5. The molecule has 0 spiro atoms. The number of ether oxygens (including phenoxy) is 1. The molecule has 0 bridgehead atoms. The van der Waals surface area contributed by atoms with Gasteiger partial charge in [0.1, 0.15) is 0 Å². The fraction of sp³-hybridized carbons (Fsp3) is 0.350. The number of carbonyl (C=O) groups excluding carboxylic acids is 3. The van der Waals surface area contributed by atoms with Crippen LogP contribution in [0.2, 0.25) is 10.0 Å². The van der Waals surface area contributed by atoms with Crippen LogP contribution in [0.5, 0.6) is 0 Å². The van der Waals surface area contributed by atoms with E-state index in [-0.39, 0.29) is 18.2 Å². The Morgan fingerprint density at radius 2 is 1.79 bits per heavy atom. The third-order valence-corrected chi connectivity index (χ3v) is 5.36. The number of H-pyrrole nitrogens is 1. The maximum Gasteiger partial charge on any atom is 0.339 e. The average molecular weight is 440 g/mol. The molecule has 9 heteroatoms. The van der Waals surface area contributed by atoms with E-state index in [4.69, 9.17) is 27.9 Å². The normalized spacial score (nSPS) is 12.0. The monoisotopic (exact) mass is 439 g/mol. The number of carbonyl (C=O) groups is 3. The zero-order chi connectivity index (χ0) is 21.9. The number of nitrogens with zero attached hydrogens (tertiary/aromatic N) is 1. The van der Waals surface area contributed by atoms with Crippen molar-refractivity contribution < 1.29 is 19.1 Å². The minimum atomic E-state index is -0.621. The molecule has 2 rings (SSSR count). The van der Waals surface area contributed by atoms with Gasteiger partial charge in [0.05, 0.1) is 46.7 Å². The summed E-state index contributed by atoms with van der Waals surface area (Å²) in [5.41, 5.74) is 2.06. The summed E-state index contributed by atoms with van der Waals surface area (Å²) in [4.78, 5) is 41.8. The van der Waals surface area contributed by atoms with E-state index in [0.29, 0.717) is 38.2 Å². The highest BCUT2D eigenvalue weighted by Crippen LogP contribution is 2.29. The molecule has 1 amide bonds. The molecule has 1 heterocycles. The van der Waals surface area contributed by atoms with Crippen molar-refractivity contribution in [1.82, 2.24) is 9.88 Å². The molecule has 1 atom stereocenters. The lowest BCUT2D eigenvalue weighted by atomic mass is 10.0. The summed E-state index contributed by atoms with van der Waals surface area (Å²) in [7, 11) is 2.94. The summed E-state index contributed by atoms with van der Waals surface area (Å²) < 4.78 is 4.77. The highest BCUT2D eigenvalue weighted by Gasteiger charge is 2.28. The molecule has 156 valence electrons. The molecule has 0 saturated carbocycles. The fourth-order valence-electron chi connectivity index (χ4n) is 2.97. The van der Waals surface area contributed by atoms with Crippen molar-refractivity contribution in [1.29, 1.82) is 0 Å². The van der Waals surface area contributed by atoms with Gasteiger partial charge in [0.2, 0.25) is 5.91 Å². The van der Waals surface area contributed by atoms with Crippen LogP contribution in [-0.2, 0) is 9.53 Å². The van der Waals surface area contributed by atoms with Gasteiger partial charge in [-0.2, -0.15) is 0 Å². The Hall–Kier alpha value is -2.35. The number of benzene rings is 1. The number of amides is 1. The minimum absolute atomic E-state index is 0.0585. The number of halogens is 2. The topological polar surface area (TPSA) is 91.5 Å². The molecule has 0 saturated heterocycles. The van der Waals surface area contributed by atoms with E-state index >= 15 is 0 Å². The fourth-order valence-corrected chi connectivity index (χ4v) is 3.47. The van der Waals surface area contributed by atoms with Gasteiger partial charge in [0.25, 0.3) is 0 Å². The molecule has 1 unspecified atom stereocenters. The number of Topliss-reactive ketones (excluding diaryl/α,β-unsaturated/α-hetero) is 1. The number of aryl methyl sites for hydroxylation is 1. The average Bonchev–Trinajstić information content (AvgIpc) is 2.97. The Kier molecular flexibility index (Phi) is 7.46. The number of ketones is 1. The Morgan fingerprint density at radius 1 is 1.21 bits per heavy atom. The van der Waals surface area contributed by atoms with E-state index in [9.17, 15) is 14.4 Å². The van der Waals surface area contributed by atoms with Crippen LogP contribution in [0.4, 0.5) is 5.69 Å². The quantitative estimate of drug-likeness (QED) is 0.504. The van der Waals surface area contributed by atoms with Gasteiger partial charge >= 0.3 is 5.97 Å². The van der Waals surface area contributed by atoms with Crippen LogP contribution >= 0.6 is 23.2 Å². The lowest BCUT2D eigenvalue weighted by molar-refractivity contribution is -0.117. The Labute approximate surface area is 179 Å². The number of hydrogen-bond acceptors (Lipinski definition) is 5. The first-order valence-electron chi connectivity index (χ1n) is 8.84. The molecule has 1 aromatic carbocycles. The molecule has 0 radical (unpaired) electrons. The number of methoxy groups -OCH3 is 1. The van der Waals surface area contributed by atoms with Gasteiger partial charge in [-0.3, -0.25) is 14.5 Å². The molecule has 0 aliphatic carbocycles. The number of rotatable bonds is 7. The first-order valence-corrected chi connectivity index (χ1v) is 9.59. The number of para-hydroxylation sites is 1. The van der Waals surface area contributed by atoms with Crippen LogP contribution in [0, 0.1) is 13.8 Å². The van der Waals surface area contributed by atoms with Crippen LogP contribution in [0.25, 0.3) is 0 Å². The largest absolute Gasteiger partial charge is 0.465 e.